The van der Waals surface area contributed by atoms with E-state index in [2.05, 4.69) is 6.07 Å². The van der Waals surface area contributed by atoms with Crippen molar-refractivity contribution < 1.29 is 22.7 Å². The Morgan fingerprint density at radius 1 is 0.970 bits per heavy atom. The highest BCUT2D eigenvalue weighted by atomic mass is 32.2. The van der Waals surface area contributed by atoms with Gasteiger partial charge in [-0.25, -0.2) is 0 Å². The summed E-state index contributed by atoms with van der Waals surface area (Å²) < 4.78 is 39.1. The fourth-order valence-electron chi connectivity index (χ4n) is 3.42. The molecule has 1 aliphatic rings. The largest absolute Gasteiger partial charge is 0.497 e. The predicted molar refractivity (Wildman–Crippen MR) is 122 cm³/mol. The lowest BCUT2D eigenvalue weighted by molar-refractivity contribution is -0.161. The Hall–Kier alpha value is -3.58. The lowest BCUT2D eigenvalue weighted by Crippen LogP contribution is -2.42. The highest BCUT2D eigenvalue weighted by molar-refractivity contribution is 7.92. The zero-order valence-electron chi connectivity index (χ0n) is 18.3. The van der Waals surface area contributed by atoms with Gasteiger partial charge in [-0.05, 0) is 61.5 Å². The first-order chi connectivity index (χ1) is 15.9. The van der Waals surface area contributed by atoms with Crippen molar-refractivity contribution in [2.45, 2.75) is 18.4 Å². The number of fused-ring (bicyclic) bond motifs is 1. The molecule has 3 aromatic rings. The molecule has 0 bridgehead atoms. The molecule has 8 nitrogen and oxygen atoms in total. The molecule has 0 aliphatic carbocycles. The van der Waals surface area contributed by atoms with Crippen molar-refractivity contribution >= 4 is 15.7 Å². The van der Waals surface area contributed by atoms with Crippen LogP contribution in [0.15, 0.2) is 71.6 Å². The van der Waals surface area contributed by atoms with E-state index in [-0.39, 0.29) is 24.7 Å². The topological polar surface area (TPSA) is 92.1 Å². The van der Waals surface area contributed by atoms with E-state index in [4.69, 9.17) is 19.6 Å². The predicted octanol–water partition coefficient (Wildman–Crippen LogP) is 3.81. The van der Waals surface area contributed by atoms with E-state index in [1.54, 1.807) is 73.8 Å². The van der Waals surface area contributed by atoms with Gasteiger partial charge in [0.15, 0.2) is 0 Å². The van der Waals surface area contributed by atoms with E-state index in [1.807, 2.05) is 6.92 Å². The van der Waals surface area contributed by atoms with Gasteiger partial charge in [-0.2, -0.15) is 18.1 Å². The summed E-state index contributed by atoms with van der Waals surface area (Å²) in [7, 11) is -2.35. The van der Waals surface area contributed by atoms with Crippen LogP contribution in [0, 0.1) is 18.3 Å². The number of hydroxylamine groups is 1. The number of nitriles is 1. The van der Waals surface area contributed by atoms with Crippen LogP contribution in [-0.2, 0) is 21.4 Å². The molecule has 170 valence electrons. The van der Waals surface area contributed by atoms with Gasteiger partial charge in [0, 0.05) is 5.56 Å². The molecule has 0 N–H and O–H groups in total. The quantitative estimate of drug-likeness (QED) is 0.467. The second-order valence-corrected chi connectivity index (χ2v) is 9.15. The van der Waals surface area contributed by atoms with Crippen molar-refractivity contribution in [2.24, 2.45) is 0 Å². The maximum atomic E-state index is 13.5. The molecule has 0 amide bonds. The smallest absolute Gasteiger partial charge is 0.279 e. The summed E-state index contributed by atoms with van der Waals surface area (Å²) in [6, 6.07) is 20.7. The van der Waals surface area contributed by atoms with Crippen LogP contribution >= 0.6 is 0 Å². The first-order valence-corrected chi connectivity index (χ1v) is 11.7. The van der Waals surface area contributed by atoms with Crippen LogP contribution in [0.4, 0.5) is 5.69 Å². The van der Waals surface area contributed by atoms with Crippen LogP contribution in [0.5, 0.6) is 11.5 Å². The zero-order chi connectivity index (χ0) is 23.4. The molecule has 9 heteroatoms. The van der Waals surface area contributed by atoms with E-state index >= 15 is 0 Å². The Bertz CT molecular complexity index is 1270. The number of benzene rings is 3. The van der Waals surface area contributed by atoms with Crippen LogP contribution in [0.1, 0.15) is 16.7 Å². The molecule has 0 spiro atoms. The van der Waals surface area contributed by atoms with Gasteiger partial charge in [-0.1, -0.05) is 22.9 Å². The number of aryl methyl sites for hydroxylation is 1. The molecule has 3 aromatic carbocycles. The molecule has 1 heterocycles. The molecule has 0 aromatic heterocycles. The molecule has 0 unspecified atom stereocenters. The van der Waals surface area contributed by atoms with Crippen LogP contribution < -0.4 is 13.9 Å². The van der Waals surface area contributed by atoms with Crippen molar-refractivity contribution in [3.8, 4) is 17.6 Å². The first-order valence-electron chi connectivity index (χ1n) is 10.2. The van der Waals surface area contributed by atoms with Crippen molar-refractivity contribution in [1.29, 1.82) is 5.26 Å². The third-order valence-corrected chi connectivity index (χ3v) is 6.83. The standard InChI is InChI=1S/C24H23N3O5S/c1-18-3-10-23(11-4-18)33(28,29)27-24-12-9-22(30-2)15-20(24)17-26(27)32-14-13-31-21-7-5-19(16-25)6-8-21/h3-12,15H,13-14,17H2,1-2H3. The SMILES string of the molecule is COc1ccc2c(c1)CN(OCCOc1ccc(C#N)cc1)N2S(=O)(=O)c1ccc(C)cc1. The molecule has 0 fully saturated rings. The van der Waals surface area contributed by atoms with E-state index < -0.39 is 10.0 Å². The van der Waals surface area contributed by atoms with Crippen molar-refractivity contribution in [2.75, 3.05) is 24.7 Å². The number of sulfonamides is 1. The fourth-order valence-corrected chi connectivity index (χ4v) is 4.88. The molecule has 0 saturated carbocycles. The van der Waals surface area contributed by atoms with E-state index in [9.17, 15) is 8.42 Å². The number of hydrogen-bond acceptors (Lipinski definition) is 7. The first kappa shape index (κ1) is 22.6. The Balaban J connectivity index is 1.52. The number of methoxy groups -OCH3 is 1. The summed E-state index contributed by atoms with van der Waals surface area (Å²) in [5, 5.41) is 10.2. The Morgan fingerprint density at radius 3 is 2.33 bits per heavy atom. The van der Waals surface area contributed by atoms with Crippen LogP contribution in [0.25, 0.3) is 0 Å². The molecular weight excluding hydrogens is 442 g/mol. The number of rotatable bonds is 8. The van der Waals surface area contributed by atoms with Gasteiger partial charge in [0.05, 0.1) is 35.9 Å². The average Bonchev–Trinajstić information content (AvgIpc) is 3.20. The van der Waals surface area contributed by atoms with Gasteiger partial charge in [-0.3, -0.25) is 4.84 Å². The van der Waals surface area contributed by atoms with Crippen LogP contribution in [-0.4, -0.2) is 33.9 Å². The molecule has 0 atom stereocenters. The molecule has 0 radical (unpaired) electrons. The van der Waals surface area contributed by atoms with Crippen molar-refractivity contribution in [3.05, 3.63) is 83.4 Å². The van der Waals surface area contributed by atoms with Crippen LogP contribution in [0.3, 0.4) is 0 Å². The minimum absolute atomic E-state index is 0.116. The Labute approximate surface area is 193 Å². The summed E-state index contributed by atoms with van der Waals surface area (Å²) in [5.74, 6) is 1.23. The number of hydrazine groups is 1. The van der Waals surface area contributed by atoms with Gasteiger partial charge in [0.2, 0.25) is 0 Å². The summed E-state index contributed by atoms with van der Waals surface area (Å²) in [6.07, 6.45) is 0. The maximum Gasteiger partial charge on any atom is 0.279 e. The molecule has 33 heavy (non-hydrogen) atoms. The molecule has 0 saturated heterocycles. The van der Waals surface area contributed by atoms with Gasteiger partial charge >= 0.3 is 0 Å². The summed E-state index contributed by atoms with van der Waals surface area (Å²) in [6.45, 7) is 2.44. The Kier molecular flexibility index (Phi) is 6.51. The molecule has 1 aliphatic heterocycles. The normalized spacial score (nSPS) is 13.4. The third-order valence-electron chi connectivity index (χ3n) is 5.12. The summed E-state index contributed by atoms with van der Waals surface area (Å²) in [4.78, 5) is 6.00. The lowest BCUT2D eigenvalue weighted by atomic mass is 10.2. The lowest BCUT2D eigenvalue weighted by Gasteiger charge is -2.28. The van der Waals surface area contributed by atoms with Gasteiger partial charge in [0.25, 0.3) is 10.0 Å². The third kappa shape index (κ3) is 4.78. The number of nitrogens with zero attached hydrogens (tertiary/aromatic N) is 3. The van der Waals surface area contributed by atoms with Gasteiger partial charge in [-0.15, -0.1) is 0 Å². The minimum atomic E-state index is -3.91. The number of ether oxygens (including phenoxy) is 2. The fraction of sp³-hybridized carbons (Fsp3) is 0.208. The second-order valence-electron chi connectivity index (χ2n) is 7.38. The van der Waals surface area contributed by atoms with Gasteiger partial charge in [0.1, 0.15) is 24.7 Å². The zero-order valence-corrected chi connectivity index (χ0v) is 19.1. The van der Waals surface area contributed by atoms with E-state index in [1.165, 1.54) is 9.59 Å². The Morgan fingerprint density at radius 2 is 1.67 bits per heavy atom. The maximum absolute atomic E-state index is 13.5. The molecular formula is C24H23N3O5S. The highest BCUT2D eigenvalue weighted by Gasteiger charge is 2.38. The van der Waals surface area contributed by atoms with E-state index in [0.29, 0.717) is 22.7 Å². The monoisotopic (exact) mass is 465 g/mol. The van der Waals surface area contributed by atoms with E-state index in [0.717, 1.165) is 11.1 Å². The summed E-state index contributed by atoms with van der Waals surface area (Å²) >= 11 is 0. The van der Waals surface area contributed by atoms with Crippen LogP contribution in [0.2, 0.25) is 0 Å². The van der Waals surface area contributed by atoms with Crippen molar-refractivity contribution in [3.63, 3.8) is 0 Å². The van der Waals surface area contributed by atoms with Gasteiger partial charge < -0.3 is 9.47 Å². The second kappa shape index (κ2) is 9.50. The number of hydrogen-bond donors (Lipinski definition) is 0. The molecule has 4 rings (SSSR count). The minimum Gasteiger partial charge on any atom is -0.497 e. The highest BCUT2D eigenvalue weighted by Crippen LogP contribution is 2.38. The summed E-state index contributed by atoms with van der Waals surface area (Å²) in [5.41, 5.74) is 2.77. The number of anilines is 1. The average molecular weight is 466 g/mol. The van der Waals surface area contributed by atoms with Crippen molar-refractivity contribution in [1.82, 2.24) is 5.17 Å².